The van der Waals surface area contributed by atoms with Crippen molar-refractivity contribution < 1.29 is 23.5 Å². The number of rotatable bonds is 6. The summed E-state index contributed by atoms with van der Waals surface area (Å²) >= 11 is 11.9. The molecule has 1 aromatic carbocycles. The van der Waals surface area contributed by atoms with Crippen molar-refractivity contribution in [3.63, 3.8) is 0 Å². The van der Waals surface area contributed by atoms with Crippen molar-refractivity contribution in [1.29, 1.82) is 0 Å². The van der Waals surface area contributed by atoms with Gasteiger partial charge in [0.25, 0.3) is 11.8 Å². The van der Waals surface area contributed by atoms with E-state index < -0.39 is 36.8 Å². The van der Waals surface area contributed by atoms with Crippen molar-refractivity contribution in [2.24, 2.45) is 0 Å². The number of pyridine rings is 1. The number of aromatic nitrogens is 1. The molecule has 0 aliphatic rings. The molecule has 27 heavy (non-hydrogen) atoms. The number of carbonyl (C=O) groups excluding carboxylic acids is 3. The Morgan fingerprint density at radius 2 is 1.93 bits per heavy atom. The highest BCUT2D eigenvalue weighted by Crippen LogP contribution is 2.28. The van der Waals surface area contributed by atoms with Crippen molar-refractivity contribution in [2.45, 2.75) is 6.92 Å². The van der Waals surface area contributed by atoms with E-state index in [1.165, 1.54) is 24.4 Å². The molecule has 0 saturated carbocycles. The highest BCUT2D eigenvalue weighted by molar-refractivity contribution is 6.37. The highest BCUT2D eigenvalue weighted by Gasteiger charge is 2.15. The number of halogens is 3. The van der Waals surface area contributed by atoms with Crippen LogP contribution >= 0.6 is 23.2 Å². The third kappa shape index (κ3) is 5.63. The molecule has 0 saturated heterocycles. The second-order valence-electron chi connectivity index (χ2n) is 5.27. The normalized spacial score (nSPS) is 10.2. The van der Waals surface area contributed by atoms with Crippen molar-refractivity contribution in [1.82, 2.24) is 10.3 Å². The summed E-state index contributed by atoms with van der Waals surface area (Å²) in [6, 6.07) is 5.31. The SMILES string of the molecule is Cc1c(Cl)cnc(NC(=O)COC(=O)CNC(=O)c2ccccc2F)c1Cl. The Bertz CT molecular complexity index is 892. The summed E-state index contributed by atoms with van der Waals surface area (Å²) in [4.78, 5) is 39.1. The summed E-state index contributed by atoms with van der Waals surface area (Å²) in [5, 5.41) is 5.09. The van der Waals surface area contributed by atoms with Crippen LogP contribution in [0, 0.1) is 12.7 Å². The standard InChI is InChI=1S/C17H14Cl2FN3O4/c1-9-11(18)6-21-16(15(9)19)23-13(24)8-27-14(25)7-22-17(26)10-4-2-3-5-12(10)20/h2-6H,7-8H2,1H3,(H,22,26)(H,21,23,24). The first-order valence-corrected chi connectivity index (χ1v) is 8.34. The zero-order chi connectivity index (χ0) is 20.0. The lowest BCUT2D eigenvalue weighted by atomic mass is 10.2. The fourth-order valence-electron chi connectivity index (χ4n) is 1.90. The number of carbonyl (C=O) groups is 3. The molecule has 0 spiro atoms. The summed E-state index contributed by atoms with van der Waals surface area (Å²) in [6.07, 6.45) is 1.32. The Morgan fingerprint density at radius 3 is 2.63 bits per heavy atom. The topological polar surface area (TPSA) is 97.4 Å². The van der Waals surface area contributed by atoms with Gasteiger partial charge >= 0.3 is 5.97 Å². The van der Waals surface area contributed by atoms with Gasteiger partial charge in [0.15, 0.2) is 12.4 Å². The van der Waals surface area contributed by atoms with Crippen molar-refractivity contribution >= 4 is 46.8 Å². The minimum absolute atomic E-state index is 0.0764. The van der Waals surface area contributed by atoms with Gasteiger partial charge in [-0.15, -0.1) is 0 Å². The molecular weight excluding hydrogens is 400 g/mol. The van der Waals surface area contributed by atoms with Crippen molar-refractivity contribution in [2.75, 3.05) is 18.5 Å². The summed E-state index contributed by atoms with van der Waals surface area (Å²) in [5.41, 5.74) is 0.332. The highest BCUT2D eigenvalue weighted by atomic mass is 35.5. The Kier molecular flexibility index (Phi) is 7.09. The van der Waals surface area contributed by atoms with Crippen LogP contribution in [0.2, 0.25) is 10.0 Å². The van der Waals surface area contributed by atoms with Crippen LogP contribution in [0.5, 0.6) is 0 Å². The first-order valence-electron chi connectivity index (χ1n) is 7.58. The van der Waals surface area contributed by atoms with Gasteiger partial charge in [-0.2, -0.15) is 0 Å². The van der Waals surface area contributed by atoms with Crippen LogP contribution in [-0.4, -0.2) is 35.9 Å². The van der Waals surface area contributed by atoms with E-state index in [9.17, 15) is 18.8 Å². The molecule has 2 amide bonds. The molecule has 142 valence electrons. The van der Waals surface area contributed by atoms with Crippen LogP contribution in [0.15, 0.2) is 30.5 Å². The molecule has 0 fully saturated rings. The monoisotopic (exact) mass is 413 g/mol. The van der Waals surface area contributed by atoms with Gasteiger partial charge in [0, 0.05) is 6.20 Å². The lowest BCUT2D eigenvalue weighted by Gasteiger charge is -2.10. The molecule has 0 radical (unpaired) electrons. The molecule has 10 heteroatoms. The summed E-state index contributed by atoms with van der Waals surface area (Å²) in [6.45, 7) is 0.508. The van der Waals surface area contributed by atoms with E-state index in [0.29, 0.717) is 10.6 Å². The van der Waals surface area contributed by atoms with E-state index in [1.54, 1.807) is 6.92 Å². The molecule has 2 aromatic rings. The third-order valence-electron chi connectivity index (χ3n) is 3.34. The van der Waals surface area contributed by atoms with Crippen LogP contribution in [0.4, 0.5) is 10.2 Å². The maximum absolute atomic E-state index is 13.5. The van der Waals surface area contributed by atoms with Gasteiger partial charge in [0.1, 0.15) is 12.4 Å². The number of amides is 2. The molecule has 0 bridgehead atoms. The van der Waals surface area contributed by atoms with Gasteiger partial charge in [-0.1, -0.05) is 35.3 Å². The number of nitrogens with one attached hydrogen (secondary N) is 2. The predicted octanol–water partition coefficient (Wildman–Crippen LogP) is 2.75. The second-order valence-corrected chi connectivity index (χ2v) is 6.05. The van der Waals surface area contributed by atoms with Gasteiger partial charge in [0.05, 0.1) is 15.6 Å². The largest absolute Gasteiger partial charge is 0.454 e. The molecule has 0 aliphatic heterocycles. The maximum Gasteiger partial charge on any atom is 0.325 e. The summed E-state index contributed by atoms with van der Waals surface area (Å²) in [5.74, 6) is -2.97. The first-order chi connectivity index (χ1) is 12.8. The van der Waals surface area contributed by atoms with Crippen LogP contribution in [0.25, 0.3) is 0 Å². The van der Waals surface area contributed by atoms with E-state index in [2.05, 4.69) is 15.6 Å². The number of esters is 1. The quantitative estimate of drug-likeness (QED) is 0.709. The third-order valence-corrected chi connectivity index (χ3v) is 4.18. The zero-order valence-electron chi connectivity index (χ0n) is 14.0. The molecule has 0 aliphatic carbocycles. The van der Waals surface area contributed by atoms with Crippen molar-refractivity contribution in [3.8, 4) is 0 Å². The summed E-state index contributed by atoms with van der Waals surface area (Å²) in [7, 11) is 0. The Labute approximate surface area is 163 Å². The van der Waals surface area contributed by atoms with Gasteiger partial charge in [-0.25, -0.2) is 9.37 Å². The van der Waals surface area contributed by atoms with E-state index in [-0.39, 0.29) is 16.4 Å². The zero-order valence-corrected chi connectivity index (χ0v) is 15.5. The average molecular weight is 414 g/mol. The summed E-state index contributed by atoms with van der Waals surface area (Å²) < 4.78 is 18.2. The number of ether oxygens (including phenoxy) is 1. The number of benzene rings is 1. The fourth-order valence-corrected chi connectivity index (χ4v) is 2.29. The molecule has 2 rings (SSSR count). The molecule has 0 unspecified atom stereocenters. The Morgan fingerprint density at radius 1 is 1.22 bits per heavy atom. The van der Waals surface area contributed by atoms with Gasteiger partial charge in [-0.3, -0.25) is 14.4 Å². The Hall–Kier alpha value is -2.71. The minimum Gasteiger partial charge on any atom is -0.454 e. The van der Waals surface area contributed by atoms with E-state index in [0.717, 1.165) is 6.07 Å². The molecule has 7 nitrogen and oxygen atoms in total. The molecular formula is C17H14Cl2FN3O4. The maximum atomic E-state index is 13.5. The smallest absolute Gasteiger partial charge is 0.325 e. The number of hydrogen-bond acceptors (Lipinski definition) is 5. The van der Waals surface area contributed by atoms with Gasteiger partial charge in [-0.05, 0) is 24.6 Å². The number of nitrogens with zero attached hydrogens (tertiary/aromatic N) is 1. The lowest BCUT2D eigenvalue weighted by molar-refractivity contribution is -0.146. The second kappa shape index (κ2) is 9.29. The first kappa shape index (κ1) is 20.6. The molecule has 0 atom stereocenters. The van der Waals surface area contributed by atoms with Crippen LogP contribution < -0.4 is 10.6 Å². The van der Waals surface area contributed by atoms with Crippen LogP contribution in [-0.2, 0) is 14.3 Å². The molecule has 2 N–H and O–H groups in total. The van der Waals surface area contributed by atoms with Gasteiger partial charge < -0.3 is 15.4 Å². The van der Waals surface area contributed by atoms with Crippen LogP contribution in [0.1, 0.15) is 15.9 Å². The lowest BCUT2D eigenvalue weighted by Crippen LogP contribution is -2.32. The predicted molar refractivity (Wildman–Crippen MR) is 97.3 cm³/mol. The van der Waals surface area contributed by atoms with Crippen LogP contribution in [0.3, 0.4) is 0 Å². The molecule has 1 aromatic heterocycles. The minimum atomic E-state index is -0.874. The average Bonchev–Trinajstić information content (AvgIpc) is 2.65. The number of hydrogen-bond donors (Lipinski definition) is 2. The van der Waals surface area contributed by atoms with Crippen molar-refractivity contribution in [3.05, 3.63) is 57.5 Å². The van der Waals surface area contributed by atoms with E-state index >= 15 is 0 Å². The number of anilines is 1. The van der Waals surface area contributed by atoms with Gasteiger partial charge in [0.2, 0.25) is 0 Å². The van der Waals surface area contributed by atoms with E-state index in [4.69, 9.17) is 27.9 Å². The fraction of sp³-hybridized carbons (Fsp3) is 0.176. The van der Waals surface area contributed by atoms with E-state index in [1.807, 2.05) is 0 Å². The molecule has 1 heterocycles. The Balaban J connectivity index is 1.80.